The number of hydrogen-bond donors (Lipinski definition) is 1. The van der Waals surface area contributed by atoms with Crippen LogP contribution < -0.4 is 5.32 Å². The number of aromatic nitrogens is 2. The minimum Gasteiger partial charge on any atom is -0.314 e. The van der Waals surface area contributed by atoms with Gasteiger partial charge in [0.25, 0.3) is 0 Å². The van der Waals surface area contributed by atoms with Crippen LogP contribution in [0, 0.1) is 0 Å². The van der Waals surface area contributed by atoms with E-state index in [1.54, 1.807) is 6.20 Å². The number of rotatable bonds is 3. The predicted octanol–water partition coefficient (Wildman–Crippen LogP) is 0.473. The van der Waals surface area contributed by atoms with Crippen molar-refractivity contribution in [2.45, 2.75) is 6.17 Å². The topological polar surface area (TPSA) is 33.1 Å². The second-order valence-corrected chi connectivity index (χ2v) is 3.42. The fourth-order valence-electron chi connectivity index (χ4n) is 1.81. The van der Waals surface area contributed by atoms with Gasteiger partial charge in [0.15, 0.2) is 0 Å². The normalized spacial score (nSPS) is 20.6. The molecule has 1 saturated heterocycles. The monoisotopic (exact) mass is 192 g/mol. The van der Waals surface area contributed by atoms with Gasteiger partial charge in [-0.2, -0.15) is 5.10 Å². The van der Waals surface area contributed by atoms with Crippen LogP contribution in [0.15, 0.2) is 31.1 Å². The zero-order chi connectivity index (χ0) is 9.80. The quantitative estimate of drug-likeness (QED) is 0.707. The summed E-state index contributed by atoms with van der Waals surface area (Å²) in [6.45, 7) is 8.07. The minimum absolute atomic E-state index is 0.201. The average Bonchev–Trinajstić information content (AvgIpc) is 2.74. The van der Waals surface area contributed by atoms with Crippen LogP contribution in [0.4, 0.5) is 0 Å². The average molecular weight is 192 g/mol. The van der Waals surface area contributed by atoms with Crippen LogP contribution in [0.2, 0.25) is 0 Å². The third-order valence-corrected chi connectivity index (χ3v) is 2.53. The van der Waals surface area contributed by atoms with E-state index in [0.717, 1.165) is 26.2 Å². The van der Waals surface area contributed by atoms with Crippen molar-refractivity contribution in [1.82, 2.24) is 20.0 Å². The summed E-state index contributed by atoms with van der Waals surface area (Å²) in [6.07, 6.45) is 5.93. The summed E-state index contributed by atoms with van der Waals surface area (Å²) in [5.74, 6) is 0. The van der Waals surface area contributed by atoms with Gasteiger partial charge in [-0.1, -0.05) is 12.7 Å². The van der Waals surface area contributed by atoms with Crippen LogP contribution in [0.3, 0.4) is 0 Å². The Hall–Kier alpha value is -1.13. The van der Waals surface area contributed by atoms with Crippen molar-refractivity contribution < 1.29 is 0 Å². The number of hydrogen-bond acceptors (Lipinski definition) is 3. The molecule has 0 radical (unpaired) electrons. The molecular formula is C10H16N4. The molecule has 1 N–H and O–H groups in total. The molecule has 1 aliphatic rings. The molecule has 1 aromatic rings. The van der Waals surface area contributed by atoms with Crippen LogP contribution in [0.25, 0.3) is 0 Å². The highest BCUT2D eigenvalue weighted by Gasteiger charge is 2.18. The van der Waals surface area contributed by atoms with E-state index in [0.29, 0.717) is 0 Å². The van der Waals surface area contributed by atoms with Crippen LogP contribution >= 0.6 is 0 Å². The highest BCUT2D eigenvalue weighted by atomic mass is 15.4. The molecular weight excluding hydrogens is 176 g/mol. The summed E-state index contributed by atoms with van der Waals surface area (Å²) in [4.78, 5) is 2.37. The Balaban J connectivity index is 2.08. The maximum atomic E-state index is 4.25. The maximum Gasteiger partial charge on any atom is 0.122 e. The Labute approximate surface area is 84.2 Å². The largest absolute Gasteiger partial charge is 0.314 e. The van der Waals surface area contributed by atoms with E-state index in [9.17, 15) is 0 Å². The first-order valence-corrected chi connectivity index (χ1v) is 4.98. The van der Waals surface area contributed by atoms with Gasteiger partial charge in [0.1, 0.15) is 6.17 Å². The third kappa shape index (κ3) is 1.86. The van der Waals surface area contributed by atoms with Crippen molar-refractivity contribution in [3.63, 3.8) is 0 Å². The minimum atomic E-state index is 0.201. The molecule has 0 aliphatic carbocycles. The lowest BCUT2D eigenvalue weighted by Gasteiger charge is -2.33. The molecule has 4 nitrogen and oxygen atoms in total. The second kappa shape index (κ2) is 4.39. The van der Waals surface area contributed by atoms with Crippen LogP contribution in [-0.2, 0) is 0 Å². The SMILES string of the molecule is C=CC(N1CCNCC1)n1cccn1. The third-order valence-electron chi connectivity index (χ3n) is 2.53. The van der Waals surface area contributed by atoms with Crippen molar-refractivity contribution in [3.05, 3.63) is 31.1 Å². The number of piperazine rings is 1. The summed E-state index contributed by atoms with van der Waals surface area (Å²) in [6, 6.07) is 1.94. The number of nitrogens with zero attached hydrogens (tertiary/aromatic N) is 3. The Kier molecular flexibility index (Phi) is 2.96. The smallest absolute Gasteiger partial charge is 0.122 e. The highest BCUT2D eigenvalue weighted by Crippen LogP contribution is 2.13. The van der Waals surface area contributed by atoms with Gasteiger partial charge in [-0.3, -0.25) is 9.58 Å². The summed E-state index contributed by atoms with van der Waals surface area (Å²) in [7, 11) is 0. The van der Waals surface area contributed by atoms with E-state index in [1.807, 2.05) is 23.0 Å². The van der Waals surface area contributed by atoms with E-state index in [-0.39, 0.29) is 6.17 Å². The Morgan fingerprint density at radius 1 is 1.43 bits per heavy atom. The van der Waals surface area contributed by atoms with Gasteiger partial charge in [0, 0.05) is 38.6 Å². The molecule has 76 valence electrons. The maximum absolute atomic E-state index is 4.25. The molecule has 0 saturated carbocycles. The van der Waals surface area contributed by atoms with E-state index >= 15 is 0 Å². The molecule has 1 aromatic heterocycles. The van der Waals surface area contributed by atoms with Gasteiger partial charge < -0.3 is 5.32 Å². The summed E-state index contributed by atoms with van der Waals surface area (Å²) < 4.78 is 1.94. The molecule has 14 heavy (non-hydrogen) atoms. The van der Waals surface area contributed by atoms with E-state index in [1.165, 1.54) is 0 Å². The Bertz CT molecular complexity index is 274. The Morgan fingerprint density at radius 3 is 2.79 bits per heavy atom. The summed E-state index contributed by atoms with van der Waals surface area (Å²) in [5, 5.41) is 7.58. The standard InChI is InChI=1S/C10H16N4/c1-2-10(14-7-3-4-12-14)13-8-5-11-6-9-13/h2-4,7,10-11H,1,5-6,8-9H2. The molecule has 0 amide bonds. The van der Waals surface area contributed by atoms with Gasteiger partial charge in [0.2, 0.25) is 0 Å². The molecule has 2 heterocycles. The number of nitrogens with one attached hydrogen (secondary N) is 1. The molecule has 1 unspecified atom stereocenters. The van der Waals surface area contributed by atoms with Gasteiger partial charge in [-0.05, 0) is 6.07 Å². The van der Waals surface area contributed by atoms with E-state index < -0.39 is 0 Å². The van der Waals surface area contributed by atoms with Crippen LogP contribution in [-0.4, -0.2) is 40.9 Å². The zero-order valence-electron chi connectivity index (χ0n) is 8.26. The molecule has 1 fully saturated rings. The van der Waals surface area contributed by atoms with Crippen molar-refractivity contribution >= 4 is 0 Å². The lowest BCUT2D eigenvalue weighted by Crippen LogP contribution is -2.46. The first-order valence-electron chi connectivity index (χ1n) is 4.98. The highest BCUT2D eigenvalue weighted by molar-refractivity contribution is 4.90. The molecule has 0 aromatic carbocycles. The first-order chi connectivity index (χ1) is 6.92. The zero-order valence-corrected chi connectivity index (χ0v) is 8.26. The van der Waals surface area contributed by atoms with Crippen molar-refractivity contribution in [2.24, 2.45) is 0 Å². The first kappa shape index (κ1) is 9.43. The lowest BCUT2D eigenvalue weighted by molar-refractivity contribution is 0.147. The van der Waals surface area contributed by atoms with E-state index in [4.69, 9.17) is 0 Å². The van der Waals surface area contributed by atoms with Crippen molar-refractivity contribution in [2.75, 3.05) is 26.2 Å². The summed E-state index contributed by atoms with van der Waals surface area (Å²) >= 11 is 0. The fraction of sp³-hybridized carbons (Fsp3) is 0.500. The lowest BCUT2D eigenvalue weighted by atomic mass is 10.3. The molecule has 2 rings (SSSR count). The molecule has 0 spiro atoms. The summed E-state index contributed by atoms with van der Waals surface area (Å²) in [5.41, 5.74) is 0. The van der Waals surface area contributed by atoms with Crippen molar-refractivity contribution in [1.29, 1.82) is 0 Å². The Morgan fingerprint density at radius 2 is 2.21 bits per heavy atom. The van der Waals surface area contributed by atoms with Gasteiger partial charge in [0.05, 0.1) is 0 Å². The van der Waals surface area contributed by atoms with Crippen LogP contribution in [0.1, 0.15) is 6.17 Å². The van der Waals surface area contributed by atoms with Gasteiger partial charge >= 0.3 is 0 Å². The molecule has 1 aliphatic heterocycles. The molecule has 0 bridgehead atoms. The molecule has 1 atom stereocenters. The van der Waals surface area contributed by atoms with E-state index in [2.05, 4.69) is 21.9 Å². The predicted molar refractivity (Wildman–Crippen MR) is 55.9 cm³/mol. The molecule has 4 heteroatoms. The van der Waals surface area contributed by atoms with Crippen molar-refractivity contribution in [3.8, 4) is 0 Å². The second-order valence-electron chi connectivity index (χ2n) is 3.42. The van der Waals surface area contributed by atoms with Gasteiger partial charge in [-0.15, -0.1) is 0 Å². The van der Waals surface area contributed by atoms with Gasteiger partial charge in [-0.25, -0.2) is 0 Å². The fourth-order valence-corrected chi connectivity index (χ4v) is 1.81. The van der Waals surface area contributed by atoms with Crippen LogP contribution in [0.5, 0.6) is 0 Å².